The van der Waals surface area contributed by atoms with Crippen LogP contribution in [0.2, 0.25) is 5.02 Å². The van der Waals surface area contributed by atoms with Crippen LogP contribution in [-0.4, -0.2) is 53.4 Å². The molecular weight excluding hydrogens is 282 g/mol. The molecule has 20 heavy (non-hydrogen) atoms. The second-order valence-electron chi connectivity index (χ2n) is 4.75. The number of ether oxygens (including phenoxy) is 1. The fourth-order valence-electron chi connectivity index (χ4n) is 1.90. The van der Waals surface area contributed by atoms with Crippen molar-refractivity contribution in [1.82, 2.24) is 4.90 Å². The van der Waals surface area contributed by atoms with Crippen LogP contribution in [0.25, 0.3) is 0 Å². The molecule has 0 aliphatic rings. The van der Waals surface area contributed by atoms with E-state index >= 15 is 0 Å². The van der Waals surface area contributed by atoms with Crippen LogP contribution in [0.5, 0.6) is 5.75 Å². The van der Waals surface area contributed by atoms with E-state index in [1.165, 1.54) is 18.1 Å². The SMILES string of the molecule is COc1ccc(Cl)cc1C(=O)N(CC(C)O)CC(C)O. The first-order chi connectivity index (χ1) is 9.35. The maximum Gasteiger partial charge on any atom is 0.257 e. The first-order valence-electron chi connectivity index (χ1n) is 6.34. The van der Waals surface area contributed by atoms with Crippen molar-refractivity contribution < 1.29 is 19.7 Å². The maximum absolute atomic E-state index is 12.5. The first-order valence-corrected chi connectivity index (χ1v) is 6.72. The molecule has 0 saturated carbocycles. The molecule has 112 valence electrons. The lowest BCUT2D eigenvalue weighted by atomic mass is 10.1. The lowest BCUT2D eigenvalue weighted by molar-refractivity contribution is 0.0515. The molecule has 0 radical (unpaired) electrons. The number of nitrogens with zero attached hydrogens (tertiary/aromatic N) is 1. The third-order valence-electron chi connectivity index (χ3n) is 2.65. The second kappa shape index (κ2) is 7.47. The van der Waals surface area contributed by atoms with Crippen molar-refractivity contribution in [3.05, 3.63) is 28.8 Å². The van der Waals surface area contributed by atoms with Gasteiger partial charge in [0.25, 0.3) is 5.91 Å². The van der Waals surface area contributed by atoms with Crippen LogP contribution >= 0.6 is 11.6 Å². The van der Waals surface area contributed by atoms with E-state index in [1.54, 1.807) is 26.0 Å². The molecule has 0 aromatic heterocycles. The van der Waals surface area contributed by atoms with E-state index in [9.17, 15) is 15.0 Å². The molecule has 5 nitrogen and oxygen atoms in total. The van der Waals surface area contributed by atoms with Gasteiger partial charge in [-0.25, -0.2) is 0 Å². The van der Waals surface area contributed by atoms with Crippen molar-refractivity contribution in [3.8, 4) is 5.75 Å². The van der Waals surface area contributed by atoms with Crippen LogP contribution < -0.4 is 4.74 Å². The first kappa shape index (κ1) is 16.8. The van der Waals surface area contributed by atoms with E-state index in [2.05, 4.69) is 0 Å². The number of aliphatic hydroxyl groups excluding tert-OH is 2. The standard InChI is InChI=1S/C14H20ClNO4/c1-9(17)7-16(8-10(2)18)14(19)12-6-11(15)4-5-13(12)20-3/h4-6,9-10,17-18H,7-8H2,1-3H3. The van der Waals surface area contributed by atoms with E-state index in [4.69, 9.17) is 16.3 Å². The van der Waals surface area contributed by atoms with Crippen molar-refractivity contribution in [3.63, 3.8) is 0 Å². The summed E-state index contributed by atoms with van der Waals surface area (Å²) >= 11 is 5.91. The van der Waals surface area contributed by atoms with Gasteiger partial charge >= 0.3 is 0 Å². The lowest BCUT2D eigenvalue weighted by Crippen LogP contribution is -2.40. The average Bonchev–Trinajstić information content (AvgIpc) is 2.36. The lowest BCUT2D eigenvalue weighted by Gasteiger charge is -2.26. The Labute approximate surface area is 123 Å². The van der Waals surface area contributed by atoms with E-state index in [-0.39, 0.29) is 19.0 Å². The Morgan fingerprint density at radius 3 is 2.30 bits per heavy atom. The highest BCUT2D eigenvalue weighted by Gasteiger charge is 2.22. The van der Waals surface area contributed by atoms with Gasteiger partial charge in [-0.1, -0.05) is 11.6 Å². The number of methoxy groups -OCH3 is 1. The zero-order chi connectivity index (χ0) is 15.3. The van der Waals surface area contributed by atoms with Gasteiger partial charge in [0.2, 0.25) is 0 Å². The summed E-state index contributed by atoms with van der Waals surface area (Å²) in [5.41, 5.74) is 0.307. The number of amides is 1. The summed E-state index contributed by atoms with van der Waals surface area (Å²) in [7, 11) is 1.47. The molecule has 2 N–H and O–H groups in total. The fourth-order valence-corrected chi connectivity index (χ4v) is 2.07. The molecule has 2 atom stereocenters. The molecule has 0 fully saturated rings. The minimum atomic E-state index is -0.692. The van der Waals surface area contributed by atoms with E-state index in [1.807, 2.05) is 0 Å². The number of rotatable bonds is 6. The van der Waals surface area contributed by atoms with E-state index < -0.39 is 12.2 Å². The molecule has 2 unspecified atom stereocenters. The zero-order valence-electron chi connectivity index (χ0n) is 11.8. The molecule has 0 aliphatic heterocycles. The third-order valence-corrected chi connectivity index (χ3v) is 2.88. The van der Waals surface area contributed by atoms with Crippen molar-refractivity contribution in [1.29, 1.82) is 0 Å². The molecule has 1 aromatic carbocycles. The summed E-state index contributed by atoms with van der Waals surface area (Å²) < 4.78 is 5.15. The molecular formula is C14H20ClNO4. The van der Waals surface area contributed by atoms with Crippen LogP contribution in [0.1, 0.15) is 24.2 Å². The van der Waals surface area contributed by atoms with Crippen molar-refractivity contribution in [2.75, 3.05) is 20.2 Å². The molecule has 0 heterocycles. The highest BCUT2D eigenvalue weighted by molar-refractivity contribution is 6.31. The topological polar surface area (TPSA) is 70.0 Å². The van der Waals surface area contributed by atoms with Gasteiger partial charge in [-0.3, -0.25) is 4.79 Å². The highest BCUT2D eigenvalue weighted by Crippen LogP contribution is 2.24. The van der Waals surface area contributed by atoms with Crippen LogP contribution in [-0.2, 0) is 0 Å². The molecule has 0 spiro atoms. The van der Waals surface area contributed by atoms with Gasteiger partial charge in [0, 0.05) is 18.1 Å². The van der Waals surface area contributed by atoms with Gasteiger partial charge in [0.15, 0.2) is 0 Å². The predicted molar refractivity (Wildman–Crippen MR) is 77.3 cm³/mol. The Morgan fingerprint density at radius 2 is 1.85 bits per heavy atom. The monoisotopic (exact) mass is 301 g/mol. The number of aliphatic hydroxyl groups is 2. The Hall–Kier alpha value is -1.30. The van der Waals surface area contributed by atoms with Gasteiger partial charge in [0.1, 0.15) is 5.75 Å². The normalized spacial score (nSPS) is 13.7. The minimum Gasteiger partial charge on any atom is -0.496 e. The molecule has 1 amide bonds. The summed E-state index contributed by atoms with van der Waals surface area (Å²) in [4.78, 5) is 13.9. The Morgan fingerprint density at radius 1 is 1.30 bits per heavy atom. The maximum atomic E-state index is 12.5. The molecule has 0 bridgehead atoms. The van der Waals surface area contributed by atoms with Crippen LogP contribution in [0.15, 0.2) is 18.2 Å². The molecule has 1 rings (SSSR count). The van der Waals surface area contributed by atoms with Gasteiger partial charge in [-0.05, 0) is 32.0 Å². The van der Waals surface area contributed by atoms with Gasteiger partial charge in [-0.2, -0.15) is 0 Å². The van der Waals surface area contributed by atoms with E-state index in [0.29, 0.717) is 16.3 Å². The number of carbonyl (C=O) groups is 1. The van der Waals surface area contributed by atoms with E-state index in [0.717, 1.165) is 0 Å². The summed E-state index contributed by atoms with van der Waals surface area (Å²) in [5, 5.41) is 19.4. The summed E-state index contributed by atoms with van der Waals surface area (Å²) in [6, 6.07) is 4.75. The summed E-state index contributed by atoms with van der Waals surface area (Å²) in [6.07, 6.45) is -1.38. The number of carbonyl (C=O) groups excluding carboxylic acids is 1. The minimum absolute atomic E-state index is 0.124. The van der Waals surface area contributed by atoms with Gasteiger partial charge in [-0.15, -0.1) is 0 Å². The van der Waals surface area contributed by atoms with Crippen molar-refractivity contribution in [2.45, 2.75) is 26.1 Å². The smallest absolute Gasteiger partial charge is 0.257 e. The Balaban J connectivity index is 3.07. The quantitative estimate of drug-likeness (QED) is 0.836. The molecule has 0 saturated heterocycles. The van der Waals surface area contributed by atoms with Crippen molar-refractivity contribution in [2.24, 2.45) is 0 Å². The Bertz CT molecular complexity index is 452. The third kappa shape index (κ3) is 4.67. The Kier molecular flexibility index (Phi) is 6.26. The fraction of sp³-hybridized carbons (Fsp3) is 0.500. The number of hydrogen-bond donors (Lipinski definition) is 2. The average molecular weight is 302 g/mol. The molecule has 6 heteroatoms. The number of halogens is 1. The zero-order valence-corrected chi connectivity index (χ0v) is 12.6. The largest absolute Gasteiger partial charge is 0.496 e. The summed E-state index contributed by atoms with van der Waals surface area (Å²) in [5.74, 6) is 0.0618. The van der Waals surface area contributed by atoms with Crippen LogP contribution in [0.3, 0.4) is 0 Å². The predicted octanol–water partition coefficient (Wildman–Crippen LogP) is 1.55. The number of benzene rings is 1. The van der Waals surface area contributed by atoms with Crippen LogP contribution in [0.4, 0.5) is 0 Å². The summed E-state index contributed by atoms with van der Waals surface area (Å²) in [6.45, 7) is 3.41. The molecule has 1 aromatic rings. The van der Waals surface area contributed by atoms with Gasteiger partial charge in [0.05, 0.1) is 24.9 Å². The van der Waals surface area contributed by atoms with Crippen molar-refractivity contribution >= 4 is 17.5 Å². The highest BCUT2D eigenvalue weighted by atomic mass is 35.5. The number of hydrogen-bond acceptors (Lipinski definition) is 4. The second-order valence-corrected chi connectivity index (χ2v) is 5.19. The van der Waals surface area contributed by atoms with Gasteiger partial charge < -0.3 is 19.8 Å². The van der Waals surface area contributed by atoms with Crippen LogP contribution in [0, 0.1) is 0 Å². The molecule has 0 aliphatic carbocycles.